The average molecular weight is 308 g/mol. The van der Waals surface area contributed by atoms with Gasteiger partial charge in [-0.1, -0.05) is 0 Å². The van der Waals surface area contributed by atoms with Crippen molar-refractivity contribution in [3.63, 3.8) is 0 Å². The number of hydrogen-bond acceptors (Lipinski definition) is 2. The smallest absolute Gasteiger partial charge is 0.335 e. The molecule has 1 saturated heterocycles. The largest absolute Gasteiger partial charge is 0.478 e. The standard InChI is InChI=1S/C13H10BrNO3/c1-2-8-5-12(16)15(7-8)11-6-9(13(17)18)3-4-10(11)14/h1,3-4,6,8H,5,7H2,(H,17,18). The van der Waals surface area contributed by atoms with Crippen LogP contribution in [-0.2, 0) is 4.79 Å². The molecule has 5 heteroatoms. The van der Waals surface area contributed by atoms with Gasteiger partial charge in [0.2, 0.25) is 5.91 Å². The van der Waals surface area contributed by atoms with Crippen molar-refractivity contribution in [2.45, 2.75) is 6.42 Å². The van der Waals surface area contributed by atoms with Crippen LogP contribution in [0, 0.1) is 18.3 Å². The predicted molar refractivity (Wildman–Crippen MR) is 70.4 cm³/mol. The number of aromatic carboxylic acids is 1. The molecule has 1 aliphatic heterocycles. The van der Waals surface area contributed by atoms with Crippen LogP contribution in [0.25, 0.3) is 0 Å². The first kappa shape index (κ1) is 12.7. The van der Waals surface area contributed by atoms with Gasteiger partial charge in [-0.15, -0.1) is 12.3 Å². The van der Waals surface area contributed by atoms with Crippen LogP contribution < -0.4 is 4.90 Å². The number of halogens is 1. The van der Waals surface area contributed by atoms with E-state index in [2.05, 4.69) is 21.9 Å². The lowest BCUT2D eigenvalue weighted by Crippen LogP contribution is -2.25. The zero-order valence-electron chi connectivity index (χ0n) is 9.39. The molecule has 1 unspecified atom stereocenters. The van der Waals surface area contributed by atoms with Crippen molar-refractivity contribution in [3.8, 4) is 12.3 Å². The molecule has 4 nitrogen and oxygen atoms in total. The fourth-order valence-corrected chi connectivity index (χ4v) is 2.37. The van der Waals surface area contributed by atoms with Gasteiger partial charge in [0, 0.05) is 23.4 Å². The van der Waals surface area contributed by atoms with Crippen molar-refractivity contribution in [2.24, 2.45) is 5.92 Å². The molecule has 1 aliphatic rings. The number of rotatable bonds is 2. The monoisotopic (exact) mass is 307 g/mol. The van der Waals surface area contributed by atoms with Crippen LogP contribution in [0.15, 0.2) is 22.7 Å². The Labute approximate surface area is 113 Å². The highest BCUT2D eigenvalue weighted by Crippen LogP contribution is 2.32. The summed E-state index contributed by atoms with van der Waals surface area (Å²) >= 11 is 3.32. The van der Waals surface area contributed by atoms with Crippen molar-refractivity contribution >= 4 is 33.5 Å². The summed E-state index contributed by atoms with van der Waals surface area (Å²) in [4.78, 5) is 24.3. The predicted octanol–water partition coefficient (Wildman–Crippen LogP) is 2.13. The van der Waals surface area contributed by atoms with Gasteiger partial charge in [0.25, 0.3) is 0 Å². The molecule has 0 bridgehead atoms. The van der Waals surface area contributed by atoms with Crippen LogP contribution >= 0.6 is 15.9 Å². The van der Waals surface area contributed by atoms with E-state index in [1.807, 2.05) is 0 Å². The van der Waals surface area contributed by atoms with Gasteiger partial charge in [-0.25, -0.2) is 4.79 Å². The van der Waals surface area contributed by atoms with Crippen LogP contribution in [-0.4, -0.2) is 23.5 Å². The Morgan fingerprint density at radius 3 is 2.83 bits per heavy atom. The normalized spacial score (nSPS) is 18.8. The van der Waals surface area contributed by atoms with E-state index >= 15 is 0 Å². The summed E-state index contributed by atoms with van der Waals surface area (Å²) < 4.78 is 0.679. The van der Waals surface area contributed by atoms with Gasteiger partial charge >= 0.3 is 5.97 Å². The van der Waals surface area contributed by atoms with E-state index in [9.17, 15) is 9.59 Å². The summed E-state index contributed by atoms with van der Waals surface area (Å²) in [5, 5.41) is 8.96. The molecule has 1 amide bonds. The van der Waals surface area contributed by atoms with E-state index in [1.54, 1.807) is 6.07 Å². The molecule has 18 heavy (non-hydrogen) atoms. The van der Waals surface area contributed by atoms with Gasteiger partial charge in [-0.2, -0.15) is 0 Å². The SMILES string of the molecule is C#CC1CC(=O)N(c2cc(C(=O)O)ccc2Br)C1. The first-order chi connectivity index (χ1) is 8.52. The Bertz CT molecular complexity index is 562. The maximum Gasteiger partial charge on any atom is 0.335 e. The molecule has 92 valence electrons. The molecular weight excluding hydrogens is 298 g/mol. The molecule has 1 aromatic rings. The Morgan fingerprint density at radius 2 is 2.28 bits per heavy atom. The second-order valence-corrected chi connectivity index (χ2v) is 4.90. The minimum absolute atomic E-state index is 0.0822. The second-order valence-electron chi connectivity index (χ2n) is 4.04. The summed E-state index contributed by atoms with van der Waals surface area (Å²) in [5.74, 6) is 1.34. The first-order valence-electron chi connectivity index (χ1n) is 5.32. The van der Waals surface area contributed by atoms with Crippen LogP contribution in [0.5, 0.6) is 0 Å². The van der Waals surface area contributed by atoms with Crippen LogP contribution in [0.2, 0.25) is 0 Å². The molecule has 1 heterocycles. The fourth-order valence-electron chi connectivity index (χ4n) is 1.90. The van der Waals surface area contributed by atoms with E-state index in [4.69, 9.17) is 11.5 Å². The lowest BCUT2D eigenvalue weighted by atomic mass is 10.1. The van der Waals surface area contributed by atoms with Gasteiger partial charge in [0.05, 0.1) is 11.3 Å². The van der Waals surface area contributed by atoms with Gasteiger partial charge in [0.15, 0.2) is 0 Å². The molecule has 0 saturated carbocycles. The number of anilines is 1. The third-order valence-electron chi connectivity index (χ3n) is 2.84. The molecule has 0 aliphatic carbocycles. The van der Waals surface area contributed by atoms with Gasteiger partial charge in [-0.3, -0.25) is 4.79 Å². The highest BCUT2D eigenvalue weighted by molar-refractivity contribution is 9.10. The van der Waals surface area contributed by atoms with Gasteiger partial charge in [0.1, 0.15) is 0 Å². The molecular formula is C13H10BrNO3. The Hall–Kier alpha value is -1.80. The zero-order valence-corrected chi connectivity index (χ0v) is 11.0. The number of benzene rings is 1. The van der Waals surface area contributed by atoms with Crippen molar-refractivity contribution < 1.29 is 14.7 Å². The number of hydrogen-bond donors (Lipinski definition) is 1. The summed E-state index contributed by atoms with van der Waals surface area (Å²) in [6, 6.07) is 4.58. The van der Waals surface area contributed by atoms with Crippen molar-refractivity contribution in [2.75, 3.05) is 11.4 Å². The lowest BCUT2D eigenvalue weighted by Gasteiger charge is -2.18. The number of carbonyl (C=O) groups excluding carboxylic acids is 1. The van der Waals surface area contributed by atoms with Crippen LogP contribution in [0.3, 0.4) is 0 Å². The molecule has 1 fully saturated rings. The third-order valence-corrected chi connectivity index (χ3v) is 3.52. The van der Waals surface area contributed by atoms with Gasteiger partial charge < -0.3 is 10.0 Å². The highest BCUT2D eigenvalue weighted by atomic mass is 79.9. The van der Waals surface area contributed by atoms with E-state index in [0.29, 0.717) is 23.1 Å². The van der Waals surface area contributed by atoms with E-state index < -0.39 is 5.97 Å². The first-order valence-corrected chi connectivity index (χ1v) is 6.11. The van der Waals surface area contributed by atoms with E-state index in [0.717, 1.165) is 0 Å². The van der Waals surface area contributed by atoms with Crippen molar-refractivity contribution in [1.29, 1.82) is 0 Å². The Balaban J connectivity index is 2.39. The summed E-state index contributed by atoms with van der Waals surface area (Å²) in [6.07, 6.45) is 5.62. The lowest BCUT2D eigenvalue weighted by molar-refractivity contribution is -0.117. The van der Waals surface area contributed by atoms with Crippen molar-refractivity contribution in [3.05, 3.63) is 28.2 Å². The molecule has 1 N–H and O–H groups in total. The molecule has 2 rings (SSSR count). The summed E-state index contributed by atoms with van der Waals surface area (Å²) in [5.41, 5.74) is 0.697. The number of carboxylic acid groups (broad SMARTS) is 1. The number of carboxylic acids is 1. The minimum Gasteiger partial charge on any atom is -0.478 e. The maximum atomic E-state index is 11.8. The maximum absolute atomic E-state index is 11.8. The molecule has 0 aromatic heterocycles. The topological polar surface area (TPSA) is 57.6 Å². The second kappa shape index (κ2) is 4.83. The quantitative estimate of drug-likeness (QED) is 0.852. The minimum atomic E-state index is -1.02. The molecule has 1 atom stereocenters. The van der Waals surface area contributed by atoms with Crippen LogP contribution in [0.4, 0.5) is 5.69 Å². The summed E-state index contributed by atoms with van der Waals surface area (Å²) in [6.45, 7) is 0.428. The Kier molecular flexibility index (Phi) is 3.39. The Morgan fingerprint density at radius 1 is 1.56 bits per heavy atom. The van der Waals surface area contributed by atoms with E-state index in [1.165, 1.54) is 17.0 Å². The number of amides is 1. The molecule has 0 spiro atoms. The van der Waals surface area contributed by atoms with Gasteiger partial charge in [-0.05, 0) is 34.1 Å². The zero-order chi connectivity index (χ0) is 13.3. The number of carbonyl (C=O) groups is 2. The van der Waals surface area contributed by atoms with Crippen LogP contribution in [0.1, 0.15) is 16.8 Å². The number of nitrogens with zero attached hydrogens (tertiary/aromatic N) is 1. The average Bonchev–Trinajstić information content (AvgIpc) is 2.71. The highest BCUT2D eigenvalue weighted by Gasteiger charge is 2.30. The number of terminal acetylenes is 1. The van der Waals surface area contributed by atoms with Crippen molar-refractivity contribution in [1.82, 2.24) is 0 Å². The molecule has 1 aromatic carbocycles. The fraction of sp³-hybridized carbons (Fsp3) is 0.231. The summed E-state index contributed by atoms with van der Waals surface area (Å²) in [7, 11) is 0. The van der Waals surface area contributed by atoms with E-state index in [-0.39, 0.29) is 17.4 Å². The third kappa shape index (κ3) is 2.24. The molecule has 0 radical (unpaired) electrons.